The highest BCUT2D eigenvalue weighted by molar-refractivity contribution is 4.90. The normalized spacial score (nSPS) is 30.9. The van der Waals surface area contributed by atoms with Crippen LogP contribution in [0, 0.1) is 11.8 Å². The molecule has 2 nitrogen and oxygen atoms in total. The molecule has 1 rings (SSSR count). The quantitative estimate of drug-likeness (QED) is 0.752. The van der Waals surface area contributed by atoms with Crippen LogP contribution in [0.3, 0.4) is 0 Å². The Morgan fingerprint density at radius 2 is 2.19 bits per heavy atom. The fraction of sp³-hybridized carbons (Fsp3) is 1.00. The van der Waals surface area contributed by atoms with Crippen molar-refractivity contribution in [3.05, 3.63) is 0 Å². The van der Waals surface area contributed by atoms with Gasteiger partial charge in [0.2, 0.25) is 0 Å². The summed E-state index contributed by atoms with van der Waals surface area (Å²) < 4.78 is 6.18. The molecular formula is C14H29NO. The summed E-state index contributed by atoms with van der Waals surface area (Å²) in [6, 6.07) is 0. The molecule has 0 saturated heterocycles. The van der Waals surface area contributed by atoms with Gasteiger partial charge < -0.3 is 10.1 Å². The number of likely N-dealkylation sites (N-methyl/N-ethyl adjacent to an activating group) is 1. The van der Waals surface area contributed by atoms with E-state index >= 15 is 0 Å². The monoisotopic (exact) mass is 227 g/mol. The summed E-state index contributed by atoms with van der Waals surface area (Å²) in [5, 5.41) is 3.32. The minimum absolute atomic E-state index is 0.123. The first-order valence-electron chi connectivity index (χ1n) is 6.92. The van der Waals surface area contributed by atoms with E-state index in [0.717, 1.165) is 31.4 Å². The predicted molar refractivity (Wildman–Crippen MR) is 69.7 cm³/mol. The van der Waals surface area contributed by atoms with Gasteiger partial charge in [0.15, 0.2) is 0 Å². The lowest BCUT2D eigenvalue weighted by Crippen LogP contribution is -2.46. The van der Waals surface area contributed by atoms with E-state index in [-0.39, 0.29) is 5.60 Å². The molecule has 1 fully saturated rings. The van der Waals surface area contributed by atoms with Crippen molar-refractivity contribution in [3.63, 3.8) is 0 Å². The Hall–Kier alpha value is -0.0800. The summed E-state index contributed by atoms with van der Waals surface area (Å²) >= 11 is 0. The third-order valence-corrected chi connectivity index (χ3v) is 3.90. The summed E-state index contributed by atoms with van der Waals surface area (Å²) in [4.78, 5) is 0. The molecule has 0 aromatic carbocycles. The first kappa shape index (κ1) is 14.0. The molecule has 0 aliphatic heterocycles. The highest BCUT2D eigenvalue weighted by Crippen LogP contribution is 2.38. The van der Waals surface area contributed by atoms with Crippen LogP contribution >= 0.6 is 0 Å². The van der Waals surface area contributed by atoms with Gasteiger partial charge in [0, 0.05) is 13.2 Å². The van der Waals surface area contributed by atoms with Crippen LogP contribution in [0.15, 0.2) is 0 Å². The molecule has 2 atom stereocenters. The van der Waals surface area contributed by atoms with E-state index in [9.17, 15) is 0 Å². The van der Waals surface area contributed by atoms with Crippen molar-refractivity contribution in [2.75, 3.05) is 20.2 Å². The fourth-order valence-electron chi connectivity index (χ4n) is 2.92. The lowest BCUT2D eigenvalue weighted by molar-refractivity contribution is -0.0849. The Labute approximate surface area is 101 Å². The van der Waals surface area contributed by atoms with Crippen molar-refractivity contribution in [1.82, 2.24) is 5.32 Å². The third kappa shape index (κ3) is 3.74. The Kier molecular flexibility index (Phi) is 5.77. The second kappa shape index (κ2) is 6.61. The van der Waals surface area contributed by atoms with E-state index in [1.807, 2.05) is 7.05 Å². The number of hydrogen-bond donors (Lipinski definition) is 1. The Bertz CT molecular complexity index is 189. The topological polar surface area (TPSA) is 21.3 Å². The van der Waals surface area contributed by atoms with Crippen LogP contribution in [0.25, 0.3) is 0 Å². The van der Waals surface area contributed by atoms with Gasteiger partial charge in [0.05, 0.1) is 5.60 Å². The van der Waals surface area contributed by atoms with Gasteiger partial charge in [-0.1, -0.05) is 27.2 Å². The lowest BCUT2D eigenvalue weighted by Gasteiger charge is -2.42. The molecule has 96 valence electrons. The fourth-order valence-corrected chi connectivity index (χ4v) is 2.92. The van der Waals surface area contributed by atoms with Crippen LogP contribution in [0.2, 0.25) is 0 Å². The molecule has 1 aliphatic rings. The van der Waals surface area contributed by atoms with Crippen LogP contribution in [0.4, 0.5) is 0 Å². The zero-order valence-electron chi connectivity index (χ0n) is 11.5. The molecule has 1 N–H and O–H groups in total. The molecule has 2 heteroatoms. The van der Waals surface area contributed by atoms with Gasteiger partial charge in [-0.3, -0.25) is 0 Å². The number of rotatable bonds is 6. The Morgan fingerprint density at radius 1 is 1.44 bits per heavy atom. The SMILES string of the molecule is CCCOC1(CNC)CCCC(C(C)C)C1. The zero-order chi connectivity index (χ0) is 12.0. The van der Waals surface area contributed by atoms with Gasteiger partial charge in [0.1, 0.15) is 0 Å². The zero-order valence-corrected chi connectivity index (χ0v) is 11.5. The smallest absolute Gasteiger partial charge is 0.0808 e. The molecule has 0 spiro atoms. The van der Waals surface area contributed by atoms with Crippen LogP contribution < -0.4 is 5.32 Å². The molecule has 1 saturated carbocycles. The van der Waals surface area contributed by atoms with Gasteiger partial charge in [-0.05, 0) is 44.6 Å². The van der Waals surface area contributed by atoms with Crippen LogP contribution in [0.5, 0.6) is 0 Å². The summed E-state index contributed by atoms with van der Waals surface area (Å²) in [5.74, 6) is 1.64. The Morgan fingerprint density at radius 3 is 2.75 bits per heavy atom. The second-order valence-corrected chi connectivity index (χ2v) is 5.66. The van der Waals surface area contributed by atoms with Crippen LogP contribution in [-0.4, -0.2) is 25.8 Å². The largest absolute Gasteiger partial charge is 0.374 e. The standard InChI is InChI=1S/C14H29NO/c1-5-9-16-14(11-15-4)8-6-7-13(10-14)12(2)3/h12-13,15H,5-11H2,1-4H3. The second-order valence-electron chi connectivity index (χ2n) is 5.66. The van der Waals surface area contributed by atoms with Crippen molar-refractivity contribution in [2.24, 2.45) is 11.8 Å². The molecule has 0 heterocycles. The molecule has 1 aliphatic carbocycles. The van der Waals surface area contributed by atoms with Gasteiger partial charge in [-0.2, -0.15) is 0 Å². The highest BCUT2D eigenvalue weighted by Gasteiger charge is 2.37. The number of nitrogens with one attached hydrogen (secondary N) is 1. The molecule has 0 amide bonds. The van der Waals surface area contributed by atoms with Crippen molar-refractivity contribution in [3.8, 4) is 0 Å². The maximum absolute atomic E-state index is 6.18. The summed E-state index contributed by atoms with van der Waals surface area (Å²) in [6.07, 6.45) is 6.31. The lowest BCUT2D eigenvalue weighted by atomic mass is 9.73. The van der Waals surface area contributed by atoms with Gasteiger partial charge >= 0.3 is 0 Å². The van der Waals surface area contributed by atoms with Gasteiger partial charge in [-0.15, -0.1) is 0 Å². The first-order valence-corrected chi connectivity index (χ1v) is 6.92. The number of hydrogen-bond acceptors (Lipinski definition) is 2. The summed E-state index contributed by atoms with van der Waals surface area (Å²) in [7, 11) is 2.04. The van der Waals surface area contributed by atoms with E-state index in [1.54, 1.807) is 0 Å². The van der Waals surface area contributed by atoms with E-state index in [2.05, 4.69) is 26.1 Å². The summed E-state index contributed by atoms with van der Waals surface area (Å²) in [5.41, 5.74) is 0.123. The molecule has 0 aromatic rings. The average molecular weight is 227 g/mol. The molecule has 16 heavy (non-hydrogen) atoms. The average Bonchev–Trinajstić information content (AvgIpc) is 2.27. The number of ether oxygens (including phenoxy) is 1. The predicted octanol–water partition coefficient (Wildman–Crippen LogP) is 3.22. The van der Waals surface area contributed by atoms with Crippen molar-refractivity contribution in [2.45, 2.75) is 58.5 Å². The minimum atomic E-state index is 0.123. The molecule has 2 unspecified atom stereocenters. The van der Waals surface area contributed by atoms with Gasteiger partial charge in [-0.25, -0.2) is 0 Å². The van der Waals surface area contributed by atoms with Crippen LogP contribution in [0.1, 0.15) is 52.9 Å². The van der Waals surface area contributed by atoms with E-state index < -0.39 is 0 Å². The summed E-state index contributed by atoms with van der Waals surface area (Å²) in [6.45, 7) is 8.80. The first-order chi connectivity index (χ1) is 7.63. The Balaban J connectivity index is 2.60. The highest BCUT2D eigenvalue weighted by atomic mass is 16.5. The molecule has 0 aromatic heterocycles. The maximum atomic E-state index is 6.18. The minimum Gasteiger partial charge on any atom is -0.374 e. The van der Waals surface area contributed by atoms with Crippen molar-refractivity contribution >= 4 is 0 Å². The molecule has 0 radical (unpaired) electrons. The van der Waals surface area contributed by atoms with E-state index in [1.165, 1.54) is 25.7 Å². The van der Waals surface area contributed by atoms with E-state index in [0.29, 0.717) is 0 Å². The molecular weight excluding hydrogens is 198 g/mol. The molecule has 0 bridgehead atoms. The maximum Gasteiger partial charge on any atom is 0.0808 e. The van der Waals surface area contributed by atoms with E-state index in [4.69, 9.17) is 4.74 Å². The van der Waals surface area contributed by atoms with Crippen molar-refractivity contribution < 1.29 is 4.74 Å². The van der Waals surface area contributed by atoms with Gasteiger partial charge in [0.25, 0.3) is 0 Å². The van der Waals surface area contributed by atoms with Crippen molar-refractivity contribution in [1.29, 1.82) is 0 Å². The third-order valence-electron chi connectivity index (χ3n) is 3.90. The van der Waals surface area contributed by atoms with Crippen LogP contribution in [-0.2, 0) is 4.74 Å².